The molecule has 0 atom stereocenters. The number of rotatable bonds is 4. The SMILES string of the molecule is COC(=O)c1ccc2c(c1)CCN2C(=O)c1ccc(NC(=O)c2cccs2)cc1. The van der Waals surface area contributed by atoms with Crippen molar-refractivity contribution >= 4 is 40.5 Å². The van der Waals surface area contributed by atoms with E-state index in [1.54, 1.807) is 53.4 Å². The lowest BCUT2D eigenvalue weighted by Crippen LogP contribution is -2.28. The third-order valence-corrected chi connectivity index (χ3v) is 5.64. The molecule has 6 nitrogen and oxygen atoms in total. The van der Waals surface area contributed by atoms with Crippen LogP contribution in [0.15, 0.2) is 60.0 Å². The number of nitrogens with zero attached hydrogens (tertiary/aromatic N) is 1. The van der Waals surface area contributed by atoms with Crippen molar-refractivity contribution in [1.29, 1.82) is 0 Å². The van der Waals surface area contributed by atoms with E-state index in [9.17, 15) is 14.4 Å². The molecular formula is C22H18N2O4S. The van der Waals surface area contributed by atoms with Gasteiger partial charge in [0.15, 0.2) is 0 Å². The van der Waals surface area contributed by atoms with Crippen molar-refractivity contribution in [3.8, 4) is 0 Å². The largest absolute Gasteiger partial charge is 0.465 e. The lowest BCUT2D eigenvalue weighted by atomic mass is 10.1. The molecule has 0 unspecified atom stereocenters. The van der Waals surface area contributed by atoms with Crippen molar-refractivity contribution in [2.75, 3.05) is 23.9 Å². The summed E-state index contributed by atoms with van der Waals surface area (Å²) >= 11 is 1.37. The van der Waals surface area contributed by atoms with Crippen LogP contribution in [0.1, 0.15) is 36.0 Å². The Morgan fingerprint density at radius 2 is 1.79 bits per heavy atom. The van der Waals surface area contributed by atoms with Crippen LogP contribution in [0, 0.1) is 0 Å². The van der Waals surface area contributed by atoms with Gasteiger partial charge in [-0.15, -0.1) is 11.3 Å². The number of carbonyl (C=O) groups is 3. The Labute approximate surface area is 171 Å². The molecule has 2 heterocycles. The maximum absolute atomic E-state index is 13.0. The maximum atomic E-state index is 13.0. The number of methoxy groups -OCH3 is 1. The van der Waals surface area contributed by atoms with Gasteiger partial charge in [-0.05, 0) is 65.9 Å². The molecule has 0 fully saturated rings. The van der Waals surface area contributed by atoms with Crippen LogP contribution < -0.4 is 10.2 Å². The predicted octanol–water partition coefficient (Wildman–Crippen LogP) is 3.99. The third kappa shape index (κ3) is 3.77. The second-order valence-electron chi connectivity index (χ2n) is 6.55. The Balaban J connectivity index is 1.48. The number of hydrogen-bond donors (Lipinski definition) is 1. The van der Waals surface area contributed by atoms with Crippen LogP contribution in [0.2, 0.25) is 0 Å². The number of thiophene rings is 1. The van der Waals surface area contributed by atoms with Gasteiger partial charge in [-0.2, -0.15) is 0 Å². The Bertz CT molecular complexity index is 1070. The molecule has 0 bridgehead atoms. The quantitative estimate of drug-likeness (QED) is 0.665. The predicted molar refractivity (Wildman–Crippen MR) is 112 cm³/mol. The summed E-state index contributed by atoms with van der Waals surface area (Å²) < 4.78 is 4.75. The summed E-state index contributed by atoms with van der Waals surface area (Å²) in [6.07, 6.45) is 0.681. The van der Waals surface area contributed by atoms with E-state index >= 15 is 0 Å². The molecular weight excluding hydrogens is 388 g/mol. The molecule has 2 aromatic carbocycles. The minimum Gasteiger partial charge on any atom is -0.465 e. The molecule has 3 aromatic rings. The standard InChI is InChI=1S/C22H18N2O4S/c1-28-22(27)16-6-9-18-15(13-16)10-11-24(18)21(26)14-4-7-17(8-5-14)23-20(25)19-3-2-12-29-19/h2-9,12-13H,10-11H2,1H3,(H,23,25). The van der Waals surface area contributed by atoms with Crippen molar-refractivity contribution in [2.24, 2.45) is 0 Å². The topological polar surface area (TPSA) is 75.7 Å². The van der Waals surface area contributed by atoms with Crippen LogP contribution in [-0.4, -0.2) is 31.4 Å². The van der Waals surface area contributed by atoms with Gasteiger partial charge in [-0.3, -0.25) is 9.59 Å². The summed E-state index contributed by atoms with van der Waals surface area (Å²) in [4.78, 5) is 39.1. The number of esters is 1. The summed E-state index contributed by atoms with van der Waals surface area (Å²) in [5, 5.41) is 4.67. The fourth-order valence-corrected chi connectivity index (χ4v) is 3.93. The maximum Gasteiger partial charge on any atom is 0.337 e. The van der Waals surface area contributed by atoms with Gasteiger partial charge in [-0.25, -0.2) is 4.79 Å². The first-order chi connectivity index (χ1) is 14.1. The Morgan fingerprint density at radius 3 is 2.48 bits per heavy atom. The number of hydrogen-bond acceptors (Lipinski definition) is 5. The minimum absolute atomic E-state index is 0.120. The molecule has 0 aliphatic carbocycles. The van der Waals surface area contributed by atoms with Gasteiger partial charge in [-0.1, -0.05) is 6.07 Å². The number of amides is 2. The molecule has 0 spiro atoms. The highest BCUT2D eigenvalue weighted by Gasteiger charge is 2.26. The molecule has 1 aliphatic heterocycles. The van der Waals surface area contributed by atoms with E-state index in [0.29, 0.717) is 34.7 Å². The minimum atomic E-state index is -0.391. The molecule has 0 saturated carbocycles. The fraction of sp³-hybridized carbons (Fsp3) is 0.136. The first kappa shape index (κ1) is 18.9. The highest BCUT2D eigenvalue weighted by atomic mass is 32.1. The van der Waals surface area contributed by atoms with Crippen LogP contribution in [0.4, 0.5) is 11.4 Å². The summed E-state index contributed by atoms with van der Waals surface area (Å²) in [6.45, 7) is 0.551. The average Bonchev–Trinajstić information content (AvgIpc) is 3.43. The zero-order valence-electron chi connectivity index (χ0n) is 15.7. The second-order valence-corrected chi connectivity index (χ2v) is 7.50. The highest BCUT2D eigenvalue weighted by Crippen LogP contribution is 2.30. The molecule has 7 heteroatoms. The summed E-state index contributed by atoms with van der Waals surface area (Å²) in [6, 6.07) is 15.6. The number of fused-ring (bicyclic) bond motifs is 1. The number of carbonyl (C=O) groups excluding carboxylic acids is 3. The molecule has 1 N–H and O–H groups in total. The van der Waals surface area contributed by atoms with Crippen molar-refractivity contribution in [3.05, 3.63) is 81.5 Å². The summed E-state index contributed by atoms with van der Waals surface area (Å²) in [5.74, 6) is -0.683. The van der Waals surface area contributed by atoms with Crippen molar-refractivity contribution < 1.29 is 19.1 Å². The first-order valence-electron chi connectivity index (χ1n) is 9.05. The first-order valence-corrected chi connectivity index (χ1v) is 9.93. The molecule has 29 heavy (non-hydrogen) atoms. The van der Waals surface area contributed by atoms with Gasteiger partial charge < -0.3 is 15.0 Å². The Morgan fingerprint density at radius 1 is 1.03 bits per heavy atom. The van der Waals surface area contributed by atoms with E-state index in [1.165, 1.54) is 18.4 Å². The molecule has 0 saturated heterocycles. The van der Waals surface area contributed by atoms with E-state index in [2.05, 4.69) is 5.32 Å². The van der Waals surface area contributed by atoms with E-state index in [-0.39, 0.29) is 11.8 Å². The van der Waals surface area contributed by atoms with E-state index in [1.807, 2.05) is 11.4 Å². The van der Waals surface area contributed by atoms with E-state index in [0.717, 1.165) is 11.3 Å². The molecule has 0 radical (unpaired) electrons. The average molecular weight is 406 g/mol. The van der Waals surface area contributed by atoms with Gasteiger partial charge in [0, 0.05) is 23.5 Å². The molecule has 2 amide bonds. The number of benzene rings is 2. The van der Waals surface area contributed by atoms with Crippen LogP contribution >= 0.6 is 11.3 Å². The summed E-state index contributed by atoms with van der Waals surface area (Å²) in [7, 11) is 1.35. The number of ether oxygens (including phenoxy) is 1. The lowest BCUT2D eigenvalue weighted by molar-refractivity contribution is 0.0600. The van der Waals surface area contributed by atoms with Crippen molar-refractivity contribution in [2.45, 2.75) is 6.42 Å². The Kier molecular flexibility index (Phi) is 5.14. The highest BCUT2D eigenvalue weighted by molar-refractivity contribution is 7.12. The van der Waals surface area contributed by atoms with Crippen LogP contribution in [0.5, 0.6) is 0 Å². The van der Waals surface area contributed by atoms with Crippen LogP contribution in [0.3, 0.4) is 0 Å². The smallest absolute Gasteiger partial charge is 0.337 e. The van der Waals surface area contributed by atoms with Gasteiger partial charge >= 0.3 is 5.97 Å². The molecule has 1 aromatic heterocycles. The molecule has 4 rings (SSSR count). The molecule has 1 aliphatic rings. The van der Waals surface area contributed by atoms with E-state index in [4.69, 9.17) is 4.74 Å². The van der Waals surface area contributed by atoms with Crippen molar-refractivity contribution in [3.63, 3.8) is 0 Å². The zero-order chi connectivity index (χ0) is 20.4. The van der Waals surface area contributed by atoms with Crippen molar-refractivity contribution in [1.82, 2.24) is 0 Å². The van der Waals surface area contributed by atoms with Crippen LogP contribution in [0.25, 0.3) is 0 Å². The van der Waals surface area contributed by atoms with Gasteiger partial charge in [0.05, 0.1) is 17.6 Å². The van der Waals surface area contributed by atoms with Gasteiger partial charge in [0.25, 0.3) is 11.8 Å². The lowest BCUT2D eigenvalue weighted by Gasteiger charge is -2.18. The third-order valence-electron chi connectivity index (χ3n) is 4.78. The monoisotopic (exact) mass is 406 g/mol. The molecule has 146 valence electrons. The van der Waals surface area contributed by atoms with Crippen LogP contribution in [-0.2, 0) is 11.2 Å². The van der Waals surface area contributed by atoms with E-state index < -0.39 is 5.97 Å². The summed E-state index contributed by atoms with van der Waals surface area (Å²) in [5.41, 5.74) is 3.39. The zero-order valence-corrected chi connectivity index (χ0v) is 16.5. The number of nitrogens with one attached hydrogen (secondary N) is 1. The van der Waals surface area contributed by atoms with Gasteiger partial charge in [0.1, 0.15) is 0 Å². The Hall–Kier alpha value is -3.45. The second kappa shape index (κ2) is 7.89. The fourth-order valence-electron chi connectivity index (χ4n) is 3.31. The normalized spacial score (nSPS) is 12.4. The number of anilines is 2. The van der Waals surface area contributed by atoms with Gasteiger partial charge in [0.2, 0.25) is 0 Å².